The minimum atomic E-state index is -0.244. The van der Waals surface area contributed by atoms with Crippen LogP contribution in [0.15, 0.2) is 30.6 Å². The van der Waals surface area contributed by atoms with Crippen LogP contribution in [0.3, 0.4) is 0 Å². The second-order valence-corrected chi connectivity index (χ2v) is 8.62. The van der Waals surface area contributed by atoms with Crippen LogP contribution in [0, 0.1) is 5.41 Å². The normalized spacial score (nSPS) is 16.2. The Morgan fingerprint density at radius 2 is 2.00 bits per heavy atom. The molecule has 0 radical (unpaired) electrons. The Bertz CT molecular complexity index is 774. The lowest BCUT2D eigenvalue weighted by Gasteiger charge is -2.29. The van der Waals surface area contributed by atoms with Crippen molar-refractivity contribution < 1.29 is 9.84 Å². The van der Waals surface area contributed by atoms with Gasteiger partial charge in [0, 0.05) is 49.1 Å². The van der Waals surface area contributed by atoms with Crippen molar-refractivity contribution >= 4 is 17.3 Å². The van der Waals surface area contributed by atoms with Crippen LogP contribution in [0.25, 0.3) is 11.3 Å². The quantitative estimate of drug-likeness (QED) is 0.685. The Morgan fingerprint density at radius 3 is 2.64 bits per heavy atom. The Kier molecular flexibility index (Phi) is 6.75. The number of aliphatic hydroxyl groups is 1. The molecule has 1 aliphatic heterocycles. The van der Waals surface area contributed by atoms with Crippen LogP contribution in [-0.2, 0) is 0 Å². The molecule has 0 saturated carbocycles. The van der Waals surface area contributed by atoms with Gasteiger partial charge in [0.05, 0.1) is 11.9 Å². The van der Waals surface area contributed by atoms with E-state index in [0.29, 0.717) is 11.7 Å². The molecule has 0 aromatic carbocycles. The van der Waals surface area contributed by atoms with Crippen LogP contribution in [-0.4, -0.2) is 59.4 Å². The minimum absolute atomic E-state index is 0.0927. The number of pyridine rings is 2. The summed E-state index contributed by atoms with van der Waals surface area (Å²) in [6.07, 6.45) is 5.81. The van der Waals surface area contributed by atoms with Gasteiger partial charge in [0.2, 0.25) is 0 Å². The van der Waals surface area contributed by atoms with Crippen LogP contribution in [0.1, 0.15) is 26.7 Å². The van der Waals surface area contributed by atoms with E-state index in [9.17, 15) is 5.11 Å². The van der Waals surface area contributed by atoms with Gasteiger partial charge in [-0.2, -0.15) is 0 Å². The number of anilines is 1. The topological polar surface area (TPSA) is 70.5 Å². The van der Waals surface area contributed by atoms with E-state index in [0.717, 1.165) is 48.6 Å². The lowest BCUT2D eigenvalue weighted by atomic mass is 9.95. The number of hydrogen-bond acceptors (Lipinski definition) is 6. The van der Waals surface area contributed by atoms with Gasteiger partial charge in [-0.15, -0.1) is 0 Å². The van der Waals surface area contributed by atoms with Crippen LogP contribution < -0.4 is 10.1 Å². The van der Waals surface area contributed by atoms with Gasteiger partial charge < -0.3 is 20.1 Å². The number of rotatable bonds is 7. The number of nitrogens with one attached hydrogen (secondary N) is 1. The molecule has 28 heavy (non-hydrogen) atoms. The van der Waals surface area contributed by atoms with Crippen LogP contribution in [0.2, 0.25) is 5.15 Å². The maximum absolute atomic E-state index is 9.49. The average Bonchev–Trinajstić information content (AvgIpc) is 2.69. The predicted molar refractivity (Wildman–Crippen MR) is 113 cm³/mol. The van der Waals surface area contributed by atoms with Crippen molar-refractivity contribution in [3.05, 3.63) is 35.7 Å². The fourth-order valence-electron chi connectivity index (χ4n) is 3.08. The summed E-state index contributed by atoms with van der Waals surface area (Å²) in [5.74, 6) is 0.788. The highest BCUT2D eigenvalue weighted by molar-refractivity contribution is 6.29. The molecular formula is C21H29ClN4O2. The number of ether oxygens (including phenoxy) is 1. The first kappa shape index (κ1) is 20.8. The number of piperidine rings is 1. The third-order valence-electron chi connectivity index (χ3n) is 5.04. The summed E-state index contributed by atoms with van der Waals surface area (Å²) in [6.45, 7) is 6.81. The van der Waals surface area contributed by atoms with Crippen LogP contribution >= 0.6 is 11.6 Å². The monoisotopic (exact) mass is 404 g/mol. The van der Waals surface area contributed by atoms with Gasteiger partial charge in [0.1, 0.15) is 17.0 Å². The van der Waals surface area contributed by atoms with Crippen molar-refractivity contribution in [2.75, 3.05) is 38.6 Å². The second kappa shape index (κ2) is 9.07. The zero-order valence-corrected chi connectivity index (χ0v) is 17.5. The molecule has 2 aromatic rings. The fraction of sp³-hybridized carbons (Fsp3) is 0.524. The Hall–Kier alpha value is -1.89. The van der Waals surface area contributed by atoms with Crippen molar-refractivity contribution in [3.8, 4) is 17.0 Å². The van der Waals surface area contributed by atoms with Crippen LogP contribution in [0.4, 0.5) is 5.69 Å². The van der Waals surface area contributed by atoms with Crippen molar-refractivity contribution in [3.63, 3.8) is 0 Å². The summed E-state index contributed by atoms with van der Waals surface area (Å²) < 4.78 is 6.08. The Morgan fingerprint density at radius 1 is 1.25 bits per heavy atom. The van der Waals surface area contributed by atoms with E-state index in [1.165, 1.54) is 0 Å². The molecule has 0 atom stereocenters. The molecule has 1 aliphatic rings. The molecule has 0 bridgehead atoms. The molecule has 7 heteroatoms. The van der Waals surface area contributed by atoms with Crippen molar-refractivity contribution in [1.29, 1.82) is 0 Å². The molecule has 152 valence electrons. The highest BCUT2D eigenvalue weighted by Gasteiger charge is 2.19. The highest BCUT2D eigenvalue weighted by atomic mass is 35.5. The SMILES string of the molecule is CN1CCC(Oc2ccc(-c3cnc(Cl)cc3NCC(C)(C)CO)nc2)CC1. The number of hydrogen-bond donors (Lipinski definition) is 2. The summed E-state index contributed by atoms with van der Waals surface area (Å²) in [4.78, 5) is 11.1. The van der Waals surface area contributed by atoms with Gasteiger partial charge in [0.15, 0.2) is 0 Å². The lowest BCUT2D eigenvalue weighted by Crippen LogP contribution is -2.35. The molecule has 3 heterocycles. The van der Waals surface area contributed by atoms with E-state index in [2.05, 4.69) is 27.2 Å². The van der Waals surface area contributed by atoms with Gasteiger partial charge in [0.25, 0.3) is 0 Å². The van der Waals surface area contributed by atoms with Gasteiger partial charge in [-0.05, 0) is 38.1 Å². The summed E-state index contributed by atoms with van der Waals surface area (Å²) in [5, 5.41) is 13.3. The first-order chi connectivity index (χ1) is 13.4. The van der Waals surface area contributed by atoms with Crippen molar-refractivity contribution in [1.82, 2.24) is 14.9 Å². The standard InChI is InChI=1S/C21H29ClN4O2/c1-21(2,14-27)13-25-19-10-20(22)24-12-17(19)18-5-4-16(11-23-18)28-15-6-8-26(3)9-7-15/h4-5,10-12,15,27H,6-9,13-14H2,1-3H3,(H,24,25). The zero-order chi connectivity index (χ0) is 20.1. The summed E-state index contributed by atoms with van der Waals surface area (Å²) in [7, 11) is 2.14. The molecule has 6 nitrogen and oxygen atoms in total. The molecule has 2 aromatic heterocycles. The number of likely N-dealkylation sites (tertiary alicyclic amines) is 1. The number of halogens is 1. The number of aliphatic hydroxyl groups excluding tert-OH is 1. The molecular weight excluding hydrogens is 376 g/mol. The van der Waals surface area contributed by atoms with E-state index in [1.54, 1.807) is 18.5 Å². The van der Waals surface area contributed by atoms with E-state index in [1.807, 2.05) is 26.0 Å². The molecule has 0 amide bonds. The highest BCUT2D eigenvalue weighted by Crippen LogP contribution is 2.30. The summed E-state index contributed by atoms with van der Waals surface area (Å²) in [5.41, 5.74) is 2.26. The Balaban J connectivity index is 1.72. The van der Waals surface area contributed by atoms with Gasteiger partial charge >= 0.3 is 0 Å². The van der Waals surface area contributed by atoms with E-state index in [4.69, 9.17) is 16.3 Å². The van der Waals surface area contributed by atoms with Crippen molar-refractivity contribution in [2.24, 2.45) is 5.41 Å². The molecule has 0 aliphatic carbocycles. The molecule has 0 unspecified atom stereocenters. The smallest absolute Gasteiger partial charge is 0.138 e. The largest absolute Gasteiger partial charge is 0.489 e. The fourth-order valence-corrected chi connectivity index (χ4v) is 3.23. The third-order valence-corrected chi connectivity index (χ3v) is 5.24. The molecule has 1 saturated heterocycles. The summed E-state index contributed by atoms with van der Waals surface area (Å²) in [6, 6.07) is 5.68. The number of nitrogens with zero attached hydrogens (tertiary/aromatic N) is 3. The molecule has 1 fully saturated rings. The zero-order valence-electron chi connectivity index (χ0n) is 16.8. The first-order valence-corrected chi connectivity index (χ1v) is 10.1. The van der Waals surface area contributed by atoms with E-state index in [-0.39, 0.29) is 18.1 Å². The van der Waals surface area contributed by atoms with E-state index >= 15 is 0 Å². The lowest BCUT2D eigenvalue weighted by molar-refractivity contribution is 0.114. The summed E-state index contributed by atoms with van der Waals surface area (Å²) >= 11 is 6.09. The molecule has 2 N–H and O–H groups in total. The predicted octanol–water partition coefficient (Wildman–Crippen LogP) is 3.70. The maximum Gasteiger partial charge on any atom is 0.138 e. The minimum Gasteiger partial charge on any atom is -0.489 e. The van der Waals surface area contributed by atoms with E-state index < -0.39 is 0 Å². The number of aromatic nitrogens is 2. The average molecular weight is 405 g/mol. The molecule has 3 rings (SSSR count). The van der Waals surface area contributed by atoms with Gasteiger partial charge in [-0.3, -0.25) is 4.98 Å². The van der Waals surface area contributed by atoms with Gasteiger partial charge in [-0.1, -0.05) is 25.4 Å². The first-order valence-electron chi connectivity index (χ1n) is 9.68. The van der Waals surface area contributed by atoms with Crippen LogP contribution in [0.5, 0.6) is 5.75 Å². The maximum atomic E-state index is 9.49. The van der Waals surface area contributed by atoms with Crippen molar-refractivity contribution in [2.45, 2.75) is 32.8 Å². The van der Waals surface area contributed by atoms with Gasteiger partial charge in [-0.25, -0.2) is 4.98 Å². The second-order valence-electron chi connectivity index (χ2n) is 8.23. The third kappa shape index (κ3) is 5.56. The Labute approximate surface area is 171 Å². The molecule has 0 spiro atoms.